The maximum atomic E-state index is 12.6. The van der Waals surface area contributed by atoms with Gasteiger partial charge < -0.3 is 10.1 Å². The van der Waals surface area contributed by atoms with Crippen molar-refractivity contribution in [2.24, 2.45) is 0 Å². The fourth-order valence-electron chi connectivity index (χ4n) is 3.59. The van der Waals surface area contributed by atoms with E-state index in [1.54, 1.807) is 6.08 Å². The number of amides is 1. The summed E-state index contributed by atoms with van der Waals surface area (Å²) in [5.74, 6) is 0.768. The molecule has 0 saturated carbocycles. The zero-order valence-corrected chi connectivity index (χ0v) is 17.8. The SMILES string of the molecule is Cc1ccc2c(c1)[C@@H](NC(=O)/C=C/c1ccc(C(C)(C)C)cc1)CC(C)(C)O2. The summed E-state index contributed by atoms with van der Waals surface area (Å²) >= 11 is 0. The Balaban J connectivity index is 1.72. The van der Waals surface area contributed by atoms with E-state index in [2.05, 4.69) is 77.2 Å². The zero-order chi connectivity index (χ0) is 20.5. The lowest BCUT2D eigenvalue weighted by molar-refractivity contribution is -0.117. The molecule has 3 heteroatoms. The molecule has 0 radical (unpaired) electrons. The van der Waals surface area contributed by atoms with Crippen LogP contribution in [-0.2, 0) is 10.2 Å². The summed E-state index contributed by atoms with van der Waals surface area (Å²) in [7, 11) is 0. The number of hydrogen-bond acceptors (Lipinski definition) is 2. The van der Waals surface area contributed by atoms with Crippen LogP contribution >= 0.6 is 0 Å². The van der Waals surface area contributed by atoms with Crippen LogP contribution in [0.15, 0.2) is 48.5 Å². The van der Waals surface area contributed by atoms with Gasteiger partial charge in [0.1, 0.15) is 11.4 Å². The standard InChI is InChI=1S/C25H31NO2/c1-17-7-13-22-20(15-17)21(16-25(5,6)28-22)26-23(27)14-10-18-8-11-19(12-9-18)24(2,3)4/h7-15,21H,16H2,1-6H3,(H,26,27)/b14-10+/t21-/m0/s1. The molecular weight excluding hydrogens is 346 g/mol. The van der Waals surface area contributed by atoms with Gasteiger partial charge in [-0.05, 0) is 49.5 Å². The van der Waals surface area contributed by atoms with Crippen LogP contribution in [0.2, 0.25) is 0 Å². The Morgan fingerprint density at radius 2 is 1.82 bits per heavy atom. The molecule has 0 saturated heterocycles. The zero-order valence-electron chi connectivity index (χ0n) is 17.8. The number of carbonyl (C=O) groups excluding carboxylic acids is 1. The first-order valence-electron chi connectivity index (χ1n) is 9.92. The lowest BCUT2D eigenvalue weighted by Gasteiger charge is -2.38. The number of benzene rings is 2. The molecule has 0 spiro atoms. The van der Waals surface area contributed by atoms with E-state index in [-0.39, 0.29) is 23.0 Å². The van der Waals surface area contributed by atoms with Crippen molar-refractivity contribution in [2.45, 2.75) is 65.0 Å². The molecule has 1 atom stereocenters. The lowest BCUT2D eigenvalue weighted by Crippen LogP contribution is -2.41. The van der Waals surface area contributed by atoms with Gasteiger partial charge in [0.25, 0.3) is 0 Å². The Hall–Kier alpha value is -2.55. The Morgan fingerprint density at radius 3 is 2.46 bits per heavy atom. The monoisotopic (exact) mass is 377 g/mol. The maximum absolute atomic E-state index is 12.6. The molecule has 1 aliphatic heterocycles. The van der Waals surface area contributed by atoms with Crippen LogP contribution in [0.4, 0.5) is 0 Å². The maximum Gasteiger partial charge on any atom is 0.244 e. The lowest BCUT2D eigenvalue weighted by atomic mass is 9.87. The highest BCUT2D eigenvalue weighted by molar-refractivity contribution is 5.92. The first-order valence-corrected chi connectivity index (χ1v) is 9.92. The molecule has 2 aromatic carbocycles. The van der Waals surface area contributed by atoms with Gasteiger partial charge in [-0.3, -0.25) is 4.79 Å². The molecule has 3 nitrogen and oxygen atoms in total. The third-order valence-corrected chi connectivity index (χ3v) is 5.14. The molecule has 1 heterocycles. The van der Waals surface area contributed by atoms with Crippen molar-refractivity contribution in [3.8, 4) is 5.75 Å². The largest absolute Gasteiger partial charge is 0.487 e. The van der Waals surface area contributed by atoms with E-state index in [4.69, 9.17) is 4.74 Å². The molecule has 0 unspecified atom stereocenters. The average Bonchev–Trinajstić information content (AvgIpc) is 2.59. The molecule has 3 rings (SSSR count). The predicted octanol–water partition coefficient (Wildman–Crippen LogP) is 5.72. The highest BCUT2D eigenvalue weighted by atomic mass is 16.5. The van der Waals surface area contributed by atoms with Crippen LogP contribution in [0, 0.1) is 6.92 Å². The van der Waals surface area contributed by atoms with Gasteiger partial charge >= 0.3 is 0 Å². The van der Waals surface area contributed by atoms with Gasteiger partial charge in [0.15, 0.2) is 0 Å². The van der Waals surface area contributed by atoms with E-state index in [1.165, 1.54) is 5.56 Å². The molecule has 1 amide bonds. The van der Waals surface area contributed by atoms with Crippen molar-refractivity contribution in [3.63, 3.8) is 0 Å². The second kappa shape index (κ2) is 7.46. The molecular formula is C25H31NO2. The summed E-state index contributed by atoms with van der Waals surface area (Å²) in [6.07, 6.45) is 4.22. The number of fused-ring (bicyclic) bond motifs is 1. The number of hydrogen-bond donors (Lipinski definition) is 1. The van der Waals surface area contributed by atoms with Gasteiger partial charge in [-0.2, -0.15) is 0 Å². The Labute approximate surface area is 168 Å². The summed E-state index contributed by atoms with van der Waals surface area (Å²) in [6, 6.07) is 14.4. The molecule has 0 bridgehead atoms. The third kappa shape index (κ3) is 4.83. The van der Waals surface area contributed by atoms with Crippen LogP contribution in [0.1, 0.15) is 69.3 Å². The normalized spacial score (nSPS) is 18.4. The van der Waals surface area contributed by atoms with Crippen molar-refractivity contribution in [2.75, 3.05) is 0 Å². The highest BCUT2D eigenvalue weighted by Gasteiger charge is 2.34. The fourth-order valence-corrected chi connectivity index (χ4v) is 3.59. The van der Waals surface area contributed by atoms with E-state index < -0.39 is 0 Å². The van der Waals surface area contributed by atoms with Gasteiger partial charge in [-0.25, -0.2) is 0 Å². The number of ether oxygens (including phenoxy) is 1. The molecule has 28 heavy (non-hydrogen) atoms. The molecule has 148 valence electrons. The third-order valence-electron chi connectivity index (χ3n) is 5.14. The second-order valence-electron chi connectivity index (χ2n) is 9.37. The number of nitrogens with one attached hydrogen (secondary N) is 1. The van der Waals surface area contributed by atoms with Crippen molar-refractivity contribution in [1.82, 2.24) is 5.32 Å². The minimum Gasteiger partial charge on any atom is -0.487 e. The summed E-state index contributed by atoms with van der Waals surface area (Å²) < 4.78 is 6.08. The topological polar surface area (TPSA) is 38.3 Å². The Bertz CT molecular complexity index is 886. The number of rotatable bonds is 3. The van der Waals surface area contributed by atoms with Gasteiger partial charge in [0, 0.05) is 18.1 Å². The molecule has 1 N–H and O–H groups in total. The first kappa shape index (κ1) is 20.2. The molecule has 0 aromatic heterocycles. The minimum absolute atomic E-state index is 0.0564. The van der Waals surface area contributed by atoms with Gasteiger partial charge in [0.05, 0.1) is 6.04 Å². The van der Waals surface area contributed by atoms with Crippen LogP contribution < -0.4 is 10.1 Å². The molecule has 0 fully saturated rings. The van der Waals surface area contributed by atoms with Gasteiger partial charge in [-0.15, -0.1) is 0 Å². The summed E-state index contributed by atoms with van der Waals surface area (Å²) in [5.41, 5.74) is 4.33. The van der Waals surface area contributed by atoms with E-state index in [0.29, 0.717) is 0 Å². The predicted molar refractivity (Wildman–Crippen MR) is 116 cm³/mol. The quantitative estimate of drug-likeness (QED) is 0.694. The summed E-state index contributed by atoms with van der Waals surface area (Å²) in [6.45, 7) is 12.8. The van der Waals surface area contributed by atoms with Crippen LogP contribution in [0.3, 0.4) is 0 Å². The smallest absolute Gasteiger partial charge is 0.244 e. The molecule has 1 aliphatic rings. The first-order chi connectivity index (χ1) is 13.0. The Kier molecular flexibility index (Phi) is 5.38. The molecule has 2 aromatic rings. The van der Waals surface area contributed by atoms with E-state index in [0.717, 1.165) is 28.9 Å². The highest BCUT2D eigenvalue weighted by Crippen LogP contribution is 2.39. The second-order valence-corrected chi connectivity index (χ2v) is 9.37. The van der Waals surface area contributed by atoms with Crippen LogP contribution in [-0.4, -0.2) is 11.5 Å². The summed E-state index contributed by atoms with van der Waals surface area (Å²) in [4.78, 5) is 12.6. The number of aryl methyl sites for hydroxylation is 1. The van der Waals surface area contributed by atoms with Crippen molar-refractivity contribution in [1.29, 1.82) is 0 Å². The fraction of sp³-hybridized carbons (Fsp3) is 0.400. The average molecular weight is 378 g/mol. The van der Waals surface area contributed by atoms with Crippen molar-refractivity contribution < 1.29 is 9.53 Å². The summed E-state index contributed by atoms with van der Waals surface area (Å²) in [5, 5.41) is 3.16. The molecule has 0 aliphatic carbocycles. The van der Waals surface area contributed by atoms with Crippen molar-refractivity contribution in [3.05, 3.63) is 70.8 Å². The van der Waals surface area contributed by atoms with Crippen LogP contribution in [0.25, 0.3) is 6.08 Å². The van der Waals surface area contributed by atoms with E-state index in [1.807, 2.05) is 18.2 Å². The minimum atomic E-state index is -0.313. The van der Waals surface area contributed by atoms with Gasteiger partial charge in [0.2, 0.25) is 5.91 Å². The van der Waals surface area contributed by atoms with Gasteiger partial charge in [-0.1, -0.05) is 62.7 Å². The van der Waals surface area contributed by atoms with E-state index >= 15 is 0 Å². The van der Waals surface area contributed by atoms with Crippen molar-refractivity contribution >= 4 is 12.0 Å². The van der Waals surface area contributed by atoms with E-state index in [9.17, 15) is 4.79 Å². The van der Waals surface area contributed by atoms with Crippen LogP contribution in [0.5, 0.6) is 5.75 Å². The number of carbonyl (C=O) groups is 1. The Morgan fingerprint density at radius 1 is 1.14 bits per heavy atom.